The minimum Gasteiger partial charge on any atom is -0.324 e. The van der Waals surface area contributed by atoms with Crippen LogP contribution in [0.1, 0.15) is 61.3 Å². The van der Waals surface area contributed by atoms with Crippen LogP contribution < -0.4 is 5.73 Å². The van der Waals surface area contributed by atoms with Crippen LogP contribution in [0.4, 0.5) is 0 Å². The van der Waals surface area contributed by atoms with E-state index in [2.05, 4.69) is 32.0 Å². The molecule has 2 rings (SSSR count). The minimum atomic E-state index is 0.232. The summed E-state index contributed by atoms with van der Waals surface area (Å²) in [7, 11) is 0. The second-order valence-corrected chi connectivity index (χ2v) is 5.69. The van der Waals surface area contributed by atoms with Crippen molar-refractivity contribution in [2.24, 2.45) is 11.7 Å². The first-order valence-corrected chi connectivity index (χ1v) is 6.99. The van der Waals surface area contributed by atoms with E-state index in [-0.39, 0.29) is 6.04 Å². The Morgan fingerprint density at radius 3 is 2.65 bits per heavy atom. The van der Waals surface area contributed by atoms with Crippen molar-refractivity contribution >= 4 is 0 Å². The molecular formula is C16H25N. The summed E-state index contributed by atoms with van der Waals surface area (Å²) in [6, 6.07) is 6.85. The van der Waals surface area contributed by atoms with Gasteiger partial charge in [0.2, 0.25) is 0 Å². The van der Waals surface area contributed by atoms with Gasteiger partial charge in [0.25, 0.3) is 0 Å². The van der Waals surface area contributed by atoms with E-state index in [0.717, 1.165) is 12.3 Å². The zero-order chi connectivity index (χ0) is 12.3. The van der Waals surface area contributed by atoms with Gasteiger partial charge in [0, 0.05) is 6.04 Å². The third-order valence-electron chi connectivity index (χ3n) is 4.19. The molecule has 0 radical (unpaired) electrons. The normalized spacial score (nSPS) is 18.5. The van der Waals surface area contributed by atoms with Crippen molar-refractivity contribution in [1.29, 1.82) is 0 Å². The molecule has 1 nitrogen and oxygen atoms in total. The van der Waals surface area contributed by atoms with Crippen LogP contribution in [0.15, 0.2) is 18.2 Å². The highest BCUT2D eigenvalue weighted by Crippen LogP contribution is 2.31. The summed E-state index contributed by atoms with van der Waals surface area (Å²) in [5, 5.41) is 0. The maximum absolute atomic E-state index is 6.34. The van der Waals surface area contributed by atoms with Gasteiger partial charge in [-0.1, -0.05) is 49.4 Å². The van der Waals surface area contributed by atoms with E-state index in [4.69, 9.17) is 5.73 Å². The number of hydrogen-bond acceptors (Lipinski definition) is 1. The highest BCUT2D eigenvalue weighted by molar-refractivity contribution is 5.32. The Morgan fingerprint density at radius 2 is 1.94 bits per heavy atom. The summed E-state index contributed by atoms with van der Waals surface area (Å²) in [6.45, 7) is 4.32. The summed E-state index contributed by atoms with van der Waals surface area (Å²) in [6.07, 6.45) is 8.19. The van der Waals surface area contributed by atoms with Crippen molar-refractivity contribution in [3.05, 3.63) is 34.9 Å². The molecule has 2 N–H and O–H groups in total. The van der Waals surface area contributed by atoms with E-state index < -0.39 is 0 Å². The fourth-order valence-electron chi connectivity index (χ4n) is 3.03. The molecule has 1 aliphatic rings. The van der Waals surface area contributed by atoms with Crippen LogP contribution in [0.25, 0.3) is 0 Å². The maximum atomic E-state index is 6.34. The maximum Gasteiger partial charge on any atom is 0.0297 e. The van der Waals surface area contributed by atoms with Gasteiger partial charge in [0.15, 0.2) is 0 Å². The average molecular weight is 231 g/mol. The van der Waals surface area contributed by atoms with Crippen molar-refractivity contribution in [3.63, 3.8) is 0 Å². The van der Waals surface area contributed by atoms with Crippen molar-refractivity contribution in [2.75, 3.05) is 0 Å². The van der Waals surface area contributed by atoms with E-state index >= 15 is 0 Å². The summed E-state index contributed by atoms with van der Waals surface area (Å²) < 4.78 is 0. The van der Waals surface area contributed by atoms with Gasteiger partial charge in [-0.3, -0.25) is 0 Å². The predicted octanol–water partition coefficient (Wildman–Crippen LogP) is 4.27. The van der Waals surface area contributed by atoms with Crippen molar-refractivity contribution < 1.29 is 0 Å². The van der Waals surface area contributed by atoms with E-state index in [0.29, 0.717) is 0 Å². The molecule has 1 aromatic rings. The first kappa shape index (κ1) is 12.6. The molecule has 0 amide bonds. The Hall–Kier alpha value is -0.820. The van der Waals surface area contributed by atoms with Gasteiger partial charge in [-0.05, 0) is 43.7 Å². The quantitative estimate of drug-likeness (QED) is 0.822. The Labute approximate surface area is 105 Å². The van der Waals surface area contributed by atoms with Gasteiger partial charge in [-0.15, -0.1) is 0 Å². The van der Waals surface area contributed by atoms with Crippen LogP contribution in [0, 0.1) is 19.8 Å². The average Bonchev–Trinajstić information content (AvgIpc) is 2.82. The summed E-state index contributed by atoms with van der Waals surface area (Å²) in [5.74, 6) is 0.950. The molecule has 1 atom stereocenters. The molecule has 1 saturated carbocycles. The number of benzene rings is 1. The van der Waals surface area contributed by atoms with Gasteiger partial charge < -0.3 is 5.73 Å². The van der Waals surface area contributed by atoms with Gasteiger partial charge >= 0.3 is 0 Å². The largest absolute Gasteiger partial charge is 0.324 e. The lowest BCUT2D eigenvalue weighted by Crippen LogP contribution is -2.13. The van der Waals surface area contributed by atoms with Crippen LogP contribution in [0.5, 0.6) is 0 Å². The van der Waals surface area contributed by atoms with Crippen LogP contribution in [-0.4, -0.2) is 0 Å². The molecule has 0 bridgehead atoms. The fourth-order valence-corrected chi connectivity index (χ4v) is 3.03. The fraction of sp³-hybridized carbons (Fsp3) is 0.625. The zero-order valence-corrected chi connectivity index (χ0v) is 11.2. The molecule has 17 heavy (non-hydrogen) atoms. The summed E-state index contributed by atoms with van der Waals surface area (Å²) in [5.41, 5.74) is 10.4. The highest BCUT2D eigenvalue weighted by Gasteiger charge is 2.17. The number of rotatable bonds is 4. The SMILES string of the molecule is Cc1ccc(C)c(C(N)CCC2CCCC2)c1. The minimum absolute atomic E-state index is 0.232. The molecule has 1 heteroatoms. The van der Waals surface area contributed by atoms with Crippen molar-refractivity contribution in [3.8, 4) is 0 Å². The monoisotopic (exact) mass is 231 g/mol. The number of aryl methyl sites for hydroxylation is 2. The topological polar surface area (TPSA) is 26.0 Å². The summed E-state index contributed by atoms with van der Waals surface area (Å²) >= 11 is 0. The first-order chi connectivity index (χ1) is 8.16. The second kappa shape index (κ2) is 5.68. The van der Waals surface area contributed by atoms with Crippen LogP contribution in [-0.2, 0) is 0 Å². The lowest BCUT2D eigenvalue weighted by Gasteiger charge is -2.17. The van der Waals surface area contributed by atoms with E-state index in [1.807, 2.05) is 0 Å². The van der Waals surface area contributed by atoms with Crippen LogP contribution >= 0.6 is 0 Å². The molecule has 1 aromatic carbocycles. The molecule has 1 unspecified atom stereocenters. The smallest absolute Gasteiger partial charge is 0.0297 e. The molecule has 1 fully saturated rings. The zero-order valence-electron chi connectivity index (χ0n) is 11.2. The third-order valence-corrected chi connectivity index (χ3v) is 4.19. The highest BCUT2D eigenvalue weighted by atomic mass is 14.6. The van der Waals surface area contributed by atoms with Gasteiger partial charge in [0.1, 0.15) is 0 Å². The van der Waals surface area contributed by atoms with E-state index in [1.54, 1.807) is 0 Å². The Bertz CT molecular complexity index is 364. The van der Waals surface area contributed by atoms with E-state index in [1.165, 1.54) is 48.8 Å². The molecule has 0 spiro atoms. The standard InChI is InChI=1S/C16H25N/c1-12-7-8-13(2)15(11-12)16(17)10-9-14-5-3-4-6-14/h7-8,11,14,16H,3-6,9-10,17H2,1-2H3. The Morgan fingerprint density at radius 1 is 1.24 bits per heavy atom. The van der Waals surface area contributed by atoms with E-state index in [9.17, 15) is 0 Å². The lowest BCUT2D eigenvalue weighted by atomic mass is 9.92. The molecular weight excluding hydrogens is 206 g/mol. The third kappa shape index (κ3) is 3.32. The number of hydrogen-bond donors (Lipinski definition) is 1. The Balaban J connectivity index is 1.93. The Kier molecular flexibility index (Phi) is 4.22. The molecule has 1 aliphatic carbocycles. The molecule has 0 saturated heterocycles. The summed E-state index contributed by atoms with van der Waals surface area (Å²) in [4.78, 5) is 0. The van der Waals surface area contributed by atoms with Gasteiger partial charge in [-0.25, -0.2) is 0 Å². The molecule has 94 valence electrons. The lowest BCUT2D eigenvalue weighted by molar-refractivity contribution is 0.453. The first-order valence-electron chi connectivity index (χ1n) is 6.99. The van der Waals surface area contributed by atoms with Gasteiger partial charge in [-0.2, -0.15) is 0 Å². The number of nitrogens with two attached hydrogens (primary N) is 1. The van der Waals surface area contributed by atoms with Crippen molar-refractivity contribution in [2.45, 2.75) is 58.4 Å². The predicted molar refractivity (Wildman–Crippen MR) is 74.0 cm³/mol. The molecule has 0 heterocycles. The molecule has 0 aliphatic heterocycles. The van der Waals surface area contributed by atoms with Gasteiger partial charge in [0.05, 0.1) is 0 Å². The van der Waals surface area contributed by atoms with Crippen LogP contribution in [0.3, 0.4) is 0 Å². The van der Waals surface area contributed by atoms with Crippen molar-refractivity contribution in [1.82, 2.24) is 0 Å². The molecule has 0 aromatic heterocycles. The second-order valence-electron chi connectivity index (χ2n) is 5.69. The van der Waals surface area contributed by atoms with Crippen LogP contribution in [0.2, 0.25) is 0 Å².